The molecule has 1 aliphatic rings. The predicted molar refractivity (Wildman–Crippen MR) is 58.1 cm³/mol. The minimum absolute atomic E-state index is 0.293. The van der Waals surface area contributed by atoms with E-state index < -0.39 is 0 Å². The molecular formula is C10H19NOS. The van der Waals surface area contributed by atoms with E-state index in [1.807, 2.05) is 0 Å². The molecule has 2 nitrogen and oxygen atoms in total. The number of amides is 1. The number of likely N-dealkylation sites (tertiary alicyclic amines) is 1. The fraction of sp³-hybridized carbons (Fsp3) is 0.900. The quantitative estimate of drug-likeness (QED) is 0.693. The van der Waals surface area contributed by atoms with Crippen molar-refractivity contribution in [2.45, 2.75) is 45.1 Å². The smallest absolute Gasteiger partial charge is 0.223 e. The number of hydrogen-bond donors (Lipinski definition) is 1. The van der Waals surface area contributed by atoms with E-state index in [-0.39, 0.29) is 0 Å². The highest BCUT2D eigenvalue weighted by Crippen LogP contribution is 2.20. The standard InChI is InChI=1S/C10H19NOS/c1-2-9-5-3-4-7-11(9)10(12)6-8-13/h9,13H,2-8H2,1H3. The van der Waals surface area contributed by atoms with Crippen LogP contribution >= 0.6 is 12.6 Å². The molecule has 0 aromatic heterocycles. The number of thiol groups is 1. The van der Waals surface area contributed by atoms with E-state index in [1.165, 1.54) is 19.3 Å². The zero-order chi connectivity index (χ0) is 9.68. The second-order valence-electron chi connectivity index (χ2n) is 3.62. The Kier molecular flexibility index (Phi) is 4.64. The third-order valence-corrected chi connectivity index (χ3v) is 2.97. The van der Waals surface area contributed by atoms with Crippen molar-refractivity contribution >= 4 is 18.5 Å². The van der Waals surface area contributed by atoms with Crippen molar-refractivity contribution in [2.24, 2.45) is 0 Å². The summed E-state index contributed by atoms with van der Waals surface area (Å²) in [6, 6.07) is 0.501. The van der Waals surface area contributed by atoms with Gasteiger partial charge in [0.25, 0.3) is 0 Å². The Morgan fingerprint density at radius 2 is 2.31 bits per heavy atom. The Morgan fingerprint density at radius 1 is 1.54 bits per heavy atom. The fourth-order valence-corrected chi connectivity index (χ4v) is 2.18. The number of carbonyl (C=O) groups excluding carboxylic acids is 1. The summed E-state index contributed by atoms with van der Waals surface area (Å²) >= 11 is 4.09. The van der Waals surface area contributed by atoms with Crippen LogP contribution in [-0.2, 0) is 4.79 Å². The number of rotatable bonds is 3. The van der Waals surface area contributed by atoms with Crippen molar-refractivity contribution in [2.75, 3.05) is 12.3 Å². The van der Waals surface area contributed by atoms with E-state index in [2.05, 4.69) is 24.5 Å². The summed E-state index contributed by atoms with van der Waals surface area (Å²) in [6.45, 7) is 3.13. The van der Waals surface area contributed by atoms with E-state index in [1.54, 1.807) is 0 Å². The predicted octanol–water partition coefficient (Wildman–Crippen LogP) is 2.10. The van der Waals surface area contributed by atoms with Gasteiger partial charge in [-0.25, -0.2) is 0 Å². The third kappa shape index (κ3) is 2.90. The van der Waals surface area contributed by atoms with Gasteiger partial charge in [0.1, 0.15) is 0 Å². The maximum absolute atomic E-state index is 11.6. The second kappa shape index (κ2) is 5.53. The van der Waals surface area contributed by atoms with E-state index in [0.717, 1.165) is 13.0 Å². The molecule has 13 heavy (non-hydrogen) atoms. The zero-order valence-electron chi connectivity index (χ0n) is 8.33. The summed E-state index contributed by atoms with van der Waals surface area (Å²) < 4.78 is 0. The van der Waals surface area contributed by atoms with Crippen molar-refractivity contribution in [1.82, 2.24) is 4.90 Å². The van der Waals surface area contributed by atoms with Gasteiger partial charge in [-0.1, -0.05) is 6.92 Å². The minimum atomic E-state index is 0.293. The lowest BCUT2D eigenvalue weighted by molar-refractivity contribution is -0.134. The minimum Gasteiger partial charge on any atom is -0.340 e. The van der Waals surface area contributed by atoms with Crippen molar-refractivity contribution in [3.8, 4) is 0 Å². The van der Waals surface area contributed by atoms with Crippen LogP contribution in [0.2, 0.25) is 0 Å². The molecule has 1 amide bonds. The summed E-state index contributed by atoms with van der Waals surface area (Å²) in [7, 11) is 0. The Labute approximate surface area is 86.1 Å². The average molecular weight is 201 g/mol. The Balaban J connectivity index is 2.48. The van der Waals surface area contributed by atoms with E-state index in [4.69, 9.17) is 0 Å². The monoisotopic (exact) mass is 201 g/mol. The lowest BCUT2D eigenvalue weighted by Gasteiger charge is -2.35. The molecule has 0 radical (unpaired) electrons. The summed E-state index contributed by atoms with van der Waals surface area (Å²) in [5, 5.41) is 0. The SMILES string of the molecule is CCC1CCCCN1C(=O)CCS. The van der Waals surface area contributed by atoms with Gasteiger partial charge in [0, 0.05) is 19.0 Å². The third-order valence-electron chi connectivity index (χ3n) is 2.74. The van der Waals surface area contributed by atoms with Gasteiger partial charge in [-0.15, -0.1) is 0 Å². The molecule has 1 unspecified atom stereocenters. The van der Waals surface area contributed by atoms with E-state index in [0.29, 0.717) is 24.1 Å². The topological polar surface area (TPSA) is 20.3 Å². The fourth-order valence-electron chi connectivity index (χ4n) is 1.99. The maximum atomic E-state index is 11.6. The summed E-state index contributed by atoms with van der Waals surface area (Å²) in [4.78, 5) is 13.7. The molecule has 3 heteroatoms. The Morgan fingerprint density at radius 3 is 2.92 bits per heavy atom. The van der Waals surface area contributed by atoms with Crippen molar-refractivity contribution in [3.63, 3.8) is 0 Å². The lowest BCUT2D eigenvalue weighted by atomic mass is 10.00. The average Bonchev–Trinajstić information content (AvgIpc) is 2.18. The first-order chi connectivity index (χ1) is 6.29. The number of piperidine rings is 1. The molecule has 1 fully saturated rings. The number of nitrogens with zero attached hydrogens (tertiary/aromatic N) is 1. The molecule has 1 aliphatic heterocycles. The highest BCUT2D eigenvalue weighted by atomic mass is 32.1. The highest BCUT2D eigenvalue weighted by molar-refractivity contribution is 7.80. The van der Waals surface area contributed by atoms with Crippen LogP contribution in [0, 0.1) is 0 Å². The molecule has 0 bridgehead atoms. The number of hydrogen-bond acceptors (Lipinski definition) is 2. The first kappa shape index (κ1) is 10.9. The van der Waals surface area contributed by atoms with Crippen LogP contribution in [0.1, 0.15) is 39.0 Å². The molecular weight excluding hydrogens is 182 g/mol. The normalized spacial score (nSPS) is 23.2. The Bertz CT molecular complexity index is 172. The van der Waals surface area contributed by atoms with Crippen LogP contribution in [0.25, 0.3) is 0 Å². The van der Waals surface area contributed by atoms with Crippen LogP contribution in [-0.4, -0.2) is 29.1 Å². The first-order valence-corrected chi connectivity index (χ1v) is 5.83. The molecule has 0 aliphatic carbocycles. The molecule has 1 atom stereocenters. The molecule has 1 saturated heterocycles. The van der Waals surface area contributed by atoms with Gasteiger partial charge in [-0.2, -0.15) is 12.6 Å². The van der Waals surface area contributed by atoms with E-state index >= 15 is 0 Å². The number of carbonyl (C=O) groups is 1. The molecule has 0 aromatic rings. The van der Waals surface area contributed by atoms with Crippen LogP contribution in [0.5, 0.6) is 0 Å². The summed E-state index contributed by atoms with van der Waals surface area (Å²) in [6.07, 6.45) is 5.34. The second-order valence-corrected chi connectivity index (χ2v) is 4.07. The van der Waals surface area contributed by atoms with Gasteiger partial charge in [-0.3, -0.25) is 4.79 Å². The van der Waals surface area contributed by atoms with Crippen molar-refractivity contribution < 1.29 is 4.79 Å². The largest absolute Gasteiger partial charge is 0.340 e. The lowest BCUT2D eigenvalue weighted by Crippen LogP contribution is -2.43. The summed E-state index contributed by atoms with van der Waals surface area (Å²) in [5.74, 6) is 0.965. The van der Waals surface area contributed by atoms with Crippen LogP contribution in [0.15, 0.2) is 0 Å². The molecule has 76 valence electrons. The van der Waals surface area contributed by atoms with Crippen LogP contribution in [0.4, 0.5) is 0 Å². The molecule has 1 rings (SSSR count). The van der Waals surface area contributed by atoms with Gasteiger partial charge in [0.15, 0.2) is 0 Å². The Hall–Kier alpha value is -0.180. The van der Waals surface area contributed by atoms with Crippen LogP contribution < -0.4 is 0 Å². The van der Waals surface area contributed by atoms with Crippen molar-refractivity contribution in [3.05, 3.63) is 0 Å². The molecule has 0 aromatic carbocycles. The van der Waals surface area contributed by atoms with E-state index in [9.17, 15) is 4.79 Å². The van der Waals surface area contributed by atoms with Gasteiger partial charge in [0.05, 0.1) is 0 Å². The molecule has 0 spiro atoms. The zero-order valence-corrected chi connectivity index (χ0v) is 9.22. The van der Waals surface area contributed by atoms with Gasteiger partial charge in [-0.05, 0) is 31.4 Å². The van der Waals surface area contributed by atoms with Crippen molar-refractivity contribution in [1.29, 1.82) is 0 Å². The maximum Gasteiger partial charge on any atom is 0.223 e. The summed E-state index contributed by atoms with van der Waals surface area (Å²) in [5.41, 5.74) is 0. The highest BCUT2D eigenvalue weighted by Gasteiger charge is 2.24. The first-order valence-electron chi connectivity index (χ1n) is 5.20. The van der Waals surface area contributed by atoms with Gasteiger partial charge >= 0.3 is 0 Å². The molecule has 0 saturated carbocycles. The molecule has 1 heterocycles. The molecule has 0 N–H and O–H groups in total. The van der Waals surface area contributed by atoms with Crippen LogP contribution in [0.3, 0.4) is 0 Å². The van der Waals surface area contributed by atoms with Gasteiger partial charge < -0.3 is 4.90 Å². The van der Waals surface area contributed by atoms with Gasteiger partial charge in [0.2, 0.25) is 5.91 Å².